The van der Waals surface area contributed by atoms with Crippen LogP contribution in [0.4, 0.5) is 0 Å². The first-order chi connectivity index (χ1) is 34.7. The van der Waals surface area contributed by atoms with Gasteiger partial charge >= 0.3 is 0 Å². The minimum atomic E-state index is 1.22. The van der Waals surface area contributed by atoms with Crippen molar-refractivity contribution in [2.24, 2.45) is 0 Å². The van der Waals surface area contributed by atoms with E-state index >= 15 is 0 Å². The van der Waals surface area contributed by atoms with Crippen LogP contribution in [0, 0.1) is 0 Å². The van der Waals surface area contributed by atoms with Crippen LogP contribution < -0.4 is 0 Å². The quantitative estimate of drug-likeness (QED) is 0.120. The lowest BCUT2D eigenvalue weighted by atomic mass is 9.87. The lowest BCUT2D eigenvalue weighted by Gasteiger charge is -2.16. The summed E-state index contributed by atoms with van der Waals surface area (Å²) in [5.41, 5.74) is 4.88. The van der Waals surface area contributed by atoms with Crippen LogP contribution in [-0.2, 0) is 0 Å². The zero-order valence-corrected chi connectivity index (χ0v) is 38.1. The zero-order chi connectivity index (χ0) is 45.6. The Hall–Kier alpha value is -9.10. The van der Waals surface area contributed by atoms with Crippen molar-refractivity contribution in [2.75, 3.05) is 0 Å². The van der Waals surface area contributed by atoms with Gasteiger partial charge in [0.1, 0.15) is 0 Å². The summed E-state index contributed by atoms with van der Waals surface area (Å²) in [4.78, 5) is 0. The third kappa shape index (κ3) is 5.31. The standard InChI is InChI=1S/C70H40/c1-5-17-51-47(13-1)49-15-3-7-19-53(49)65-39-69-59-31-29-44(35-61(59)55-21-9-11-23-57(55)67(69)37-63(51)65)42-27-25-41-26-28-43(34-46(41)33-42)45-30-32-60-62(36-45)56-22-10-12-24-58(56)68-38-64-52-18-6-2-14-48(52)50-16-4-8-20-54(50)66(64)40-70(60)68/h1-40H. The van der Waals surface area contributed by atoms with E-state index < -0.39 is 0 Å². The number of rotatable bonds is 2. The van der Waals surface area contributed by atoms with Crippen molar-refractivity contribution in [3.63, 3.8) is 0 Å². The molecule has 320 valence electrons. The molecule has 0 atom stereocenters. The Balaban J connectivity index is 0.854. The summed E-state index contributed by atoms with van der Waals surface area (Å²) in [7, 11) is 0. The Morgan fingerprint density at radius 3 is 0.557 bits per heavy atom. The Morgan fingerprint density at radius 2 is 0.300 bits per heavy atom. The molecule has 0 nitrogen and oxygen atoms in total. The zero-order valence-electron chi connectivity index (χ0n) is 38.1. The maximum atomic E-state index is 2.47. The van der Waals surface area contributed by atoms with E-state index in [0.29, 0.717) is 0 Å². The van der Waals surface area contributed by atoms with E-state index in [1.165, 1.54) is 162 Å². The van der Waals surface area contributed by atoms with Crippen LogP contribution in [0.3, 0.4) is 0 Å². The Labute approximate surface area is 402 Å². The summed E-state index contributed by atoms with van der Waals surface area (Å²) < 4.78 is 0. The first-order valence-corrected chi connectivity index (χ1v) is 24.5. The molecule has 0 unspecified atom stereocenters. The minimum Gasteiger partial charge on any atom is -0.0616 e. The monoisotopic (exact) mass is 880 g/mol. The van der Waals surface area contributed by atoms with Crippen LogP contribution in [0.5, 0.6) is 0 Å². The largest absolute Gasteiger partial charge is 0.0616 e. The van der Waals surface area contributed by atoms with Gasteiger partial charge in [-0.3, -0.25) is 0 Å². The van der Waals surface area contributed by atoms with Crippen LogP contribution in [0.1, 0.15) is 0 Å². The number of hydrogen-bond acceptors (Lipinski definition) is 0. The molecule has 0 aliphatic rings. The fourth-order valence-electron chi connectivity index (χ4n) is 12.7. The lowest BCUT2D eigenvalue weighted by molar-refractivity contribution is 1.66. The van der Waals surface area contributed by atoms with Gasteiger partial charge in [-0.1, -0.05) is 194 Å². The highest BCUT2D eigenvalue weighted by atomic mass is 14.2. The van der Waals surface area contributed by atoms with Gasteiger partial charge in [-0.2, -0.15) is 0 Å². The molecule has 16 rings (SSSR count). The van der Waals surface area contributed by atoms with Crippen LogP contribution in [0.15, 0.2) is 243 Å². The second-order valence-electron chi connectivity index (χ2n) is 19.5. The molecule has 0 spiro atoms. The molecule has 0 heterocycles. The van der Waals surface area contributed by atoms with Crippen LogP contribution >= 0.6 is 0 Å². The van der Waals surface area contributed by atoms with Gasteiger partial charge in [-0.05, 0) is 211 Å². The molecule has 16 aromatic rings. The van der Waals surface area contributed by atoms with Gasteiger partial charge in [-0.15, -0.1) is 0 Å². The van der Waals surface area contributed by atoms with Crippen molar-refractivity contribution in [1.29, 1.82) is 0 Å². The van der Waals surface area contributed by atoms with Crippen molar-refractivity contribution in [1.82, 2.24) is 0 Å². The molecular weight excluding hydrogens is 841 g/mol. The number of hydrogen-bond donors (Lipinski definition) is 0. The van der Waals surface area contributed by atoms with Gasteiger partial charge < -0.3 is 0 Å². The highest BCUT2D eigenvalue weighted by Gasteiger charge is 2.17. The summed E-state index contributed by atoms with van der Waals surface area (Å²) in [6, 6.07) is 91.6. The van der Waals surface area contributed by atoms with Crippen molar-refractivity contribution in [3.8, 4) is 22.3 Å². The Bertz CT molecular complexity index is 4680. The van der Waals surface area contributed by atoms with Gasteiger partial charge in [0.05, 0.1) is 0 Å². The Morgan fingerprint density at radius 1 is 0.114 bits per heavy atom. The topological polar surface area (TPSA) is 0 Å². The Kier molecular flexibility index (Phi) is 7.70. The van der Waals surface area contributed by atoms with E-state index in [1.54, 1.807) is 0 Å². The third-order valence-electron chi connectivity index (χ3n) is 15.9. The third-order valence-corrected chi connectivity index (χ3v) is 15.9. The van der Waals surface area contributed by atoms with Crippen LogP contribution in [-0.4, -0.2) is 0 Å². The molecule has 0 saturated carbocycles. The summed E-state index contributed by atoms with van der Waals surface area (Å²) in [6.45, 7) is 0. The molecule has 0 radical (unpaired) electrons. The van der Waals surface area contributed by atoms with Gasteiger partial charge in [0.25, 0.3) is 0 Å². The van der Waals surface area contributed by atoms with Crippen LogP contribution in [0.2, 0.25) is 0 Å². The minimum absolute atomic E-state index is 1.22. The maximum absolute atomic E-state index is 2.47. The lowest BCUT2D eigenvalue weighted by Crippen LogP contribution is -1.88. The van der Waals surface area contributed by atoms with E-state index in [4.69, 9.17) is 0 Å². The first kappa shape index (κ1) is 37.9. The molecule has 0 heteroatoms. The molecule has 16 aromatic carbocycles. The average Bonchev–Trinajstić information content (AvgIpc) is 3.44. The van der Waals surface area contributed by atoms with E-state index in [9.17, 15) is 0 Å². The van der Waals surface area contributed by atoms with Crippen molar-refractivity contribution in [2.45, 2.75) is 0 Å². The summed E-state index contributed by atoms with van der Waals surface area (Å²) in [6.07, 6.45) is 0. The van der Waals surface area contributed by atoms with Crippen molar-refractivity contribution >= 4 is 140 Å². The normalized spacial score (nSPS) is 12.3. The first-order valence-electron chi connectivity index (χ1n) is 24.5. The highest BCUT2D eigenvalue weighted by Crippen LogP contribution is 2.45. The number of benzene rings is 16. The van der Waals surface area contributed by atoms with Gasteiger partial charge in [0.15, 0.2) is 0 Å². The van der Waals surface area contributed by atoms with Gasteiger partial charge in [0, 0.05) is 0 Å². The fourth-order valence-corrected chi connectivity index (χ4v) is 12.7. The predicted molar refractivity (Wildman–Crippen MR) is 305 cm³/mol. The number of fused-ring (bicyclic) bond motifs is 25. The van der Waals surface area contributed by atoms with Crippen LogP contribution in [0.25, 0.3) is 162 Å². The van der Waals surface area contributed by atoms with Gasteiger partial charge in [0.2, 0.25) is 0 Å². The van der Waals surface area contributed by atoms with E-state index in [0.717, 1.165) is 0 Å². The second-order valence-corrected chi connectivity index (χ2v) is 19.5. The van der Waals surface area contributed by atoms with Crippen molar-refractivity contribution < 1.29 is 0 Å². The van der Waals surface area contributed by atoms with E-state index in [1.807, 2.05) is 0 Å². The summed E-state index contributed by atoms with van der Waals surface area (Å²) in [5, 5.41) is 33.6. The molecular formula is C70H40. The molecule has 0 aliphatic carbocycles. The van der Waals surface area contributed by atoms with E-state index in [-0.39, 0.29) is 0 Å². The predicted octanol–water partition coefficient (Wildman–Crippen LogP) is 20.0. The molecule has 0 bridgehead atoms. The smallest absolute Gasteiger partial charge is 0.00923 e. The molecule has 0 fully saturated rings. The summed E-state index contributed by atoms with van der Waals surface area (Å²) in [5.74, 6) is 0. The van der Waals surface area contributed by atoms with Crippen molar-refractivity contribution in [3.05, 3.63) is 243 Å². The molecule has 70 heavy (non-hydrogen) atoms. The average molecular weight is 881 g/mol. The maximum Gasteiger partial charge on any atom is -0.00923 e. The molecule has 0 aromatic heterocycles. The second kappa shape index (κ2) is 14.2. The fraction of sp³-hybridized carbons (Fsp3) is 0. The highest BCUT2D eigenvalue weighted by molar-refractivity contribution is 6.35. The molecule has 0 amide bonds. The molecule has 0 aliphatic heterocycles. The SMILES string of the molecule is c1ccc2c(c1)c1ccccc1c1cc3c4ccc(-c5ccc6ccc(-c7ccc8c(c7)c7ccccc7c7cc9c%10ccccc%10c%10ccccc%10c9cc87)cc6c5)cc4c4ccccc4c3cc21. The van der Waals surface area contributed by atoms with Gasteiger partial charge in [-0.25, -0.2) is 0 Å². The molecule has 0 N–H and O–H groups in total. The van der Waals surface area contributed by atoms with E-state index in [2.05, 4.69) is 243 Å². The molecule has 0 saturated heterocycles. The summed E-state index contributed by atoms with van der Waals surface area (Å²) >= 11 is 0.